The predicted molar refractivity (Wildman–Crippen MR) is 105 cm³/mol. The molecule has 0 aliphatic carbocycles. The number of tetrazole rings is 1. The number of hydrogen-bond donors (Lipinski definition) is 1. The highest BCUT2D eigenvalue weighted by Crippen LogP contribution is 2.27. The number of anilines is 1. The molecular weight excluding hydrogens is 354 g/mol. The number of benzene rings is 2. The smallest absolute Gasteiger partial charge is 0.250 e. The molecule has 2 aromatic heterocycles. The Hall–Kier alpha value is -3.55. The van der Waals surface area contributed by atoms with Gasteiger partial charge in [-0.3, -0.25) is 4.79 Å². The van der Waals surface area contributed by atoms with Crippen LogP contribution in [0, 0.1) is 6.92 Å². The van der Waals surface area contributed by atoms with Crippen LogP contribution in [-0.4, -0.2) is 42.6 Å². The third-order valence-corrected chi connectivity index (χ3v) is 5.00. The summed E-state index contributed by atoms with van der Waals surface area (Å²) < 4.78 is 0. The Labute approximate surface area is 161 Å². The van der Waals surface area contributed by atoms with E-state index in [-0.39, 0.29) is 12.5 Å². The molecule has 4 aromatic rings. The van der Waals surface area contributed by atoms with Crippen molar-refractivity contribution in [2.75, 3.05) is 11.4 Å². The number of carbonyl (C=O) groups is 1. The van der Waals surface area contributed by atoms with Crippen molar-refractivity contribution in [2.24, 2.45) is 0 Å². The van der Waals surface area contributed by atoms with E-state index >= 15 is 0 Å². The first-order valence-electron chi connectivity index (χ1n) is 9.30. The Morgan fingerprint density at radius 2 is 2.11 bits per heavy atom. The number of nitrogens with zero attached hydrogens (tertiary/aromatic N) is 6. The van der Waals surface area contributed by atoms with Crippen molar-refractivity contribution in [2.45, 2.75) is 26.3 Å². The lowest BCUT2D eigenvalue weighted by Gasteiger charge is -2.29. The van der Waals surface area contributed by atoms with E-state index in [9.17, 15) is 4.79 Å². The van der Waals surface area contributed by atoms with Crippen molar-refractivity contribution in [1.29, 1.82) is 0 Å². The highest BCUT2D eigenvalue weighted by Gasteiger charge is 2.23. The maximum atomic E-state index is 12.8. The summed E-state index contributed by atoms with van der Waals surface area (Å²) in [4.78, 5) is 23.6. The largest absolute Gasteiger partial charge is 0.342 e. The summed E-state index contributed by atoms with van der Waals surface area (Å²) >= 11 is 0. The molecular formula is C20H19N7O. The number of para-hydroxylation sites is 1. The summed E-state index contributed by atoms with van der Waals surface area (Å²) in [5.74, 6) is 1.31. The van der Waals surface area contributed by atoms with Gasteiger partial charge in [0.05, 0.1) is 11.0 Å². The van der Waals surface area contributed by atoms with E-state index < -0.39 is 0 Å². The van der Waals surface area contributed by atoms with Gasteiger partial charge in [0, 0.05) is 17.8 Å². The maximum absolute atomic E-state index is 12.8. The summed E-state index contributed by atoms with van der Waals surface area (Å²) in [6.45, 7) is 2.69. The number of carbonyl (C=O) groups excluding carboxylic acids is 1. The molecule has 28 heavy (non-hydrogen) atoms. The number of aromatic amines is 1. The topological polar surface area (TPSA) is 92.6 Å². The Morgan fingerprint density at radius 3 is 3.04 bits per heavy atom. The fourth-order valence-electron chi connectivity index (χ4n) is 3.70. The molecule has 1 aliphatic rings. The molecule has 5 rings (SSSR count). The SMILES string of the molecule is Cc1nc2ccc(-c3nnn(CC(=O)N4CCCc5ccccc54)n3)cc2[nH]1. The Bertz CT molecular complexity index is 1180. The molecule has 0 bridgehead atoms. The quantitative estimate of drug-likeness (QED) is 0.596. The number of hydrogen-bond acceptors (Lipinski definition) is 5. The van der Waals surface area contributed by atoms with Crippen molar-refractivity contribution in [3.63, 3.8) is 0 Å². The van der Waals surface area contributed by atoms with Gasteiger partial charge in [0.1, 0.15) is 12.4 Å². The molecule has 1 aliphatic heterocycles. The average Bonchev–Trinajstić information content (AvgIpc) is 3.32. The van der Waals surface area contributed by atoms with Gasteiger partial charge >= 0.3 is 0 Å². The molecule has 0 saturated carbocycles. The first kappa shape index (κ1) is 16.6. The van der Waals surface area contributed by atoms with Crippen LogP contribution in [0.15, 0.2) is 42.5 Å². The number of H-pyrrole nitrogens is 1. The van der Waals surface area contributed by atoms with Crippen molar-refractivity contribution in [1.82, 2.24) is 30.2 Å². The molecule has 0 fully saturated rings. The Kier molecular flexibility index (Phi) is 3.89. The highest BCUT2D eigenvalue weighted by molar-refractivity contribution is 5.94. The van der Waals surface area contributed by atoms with Gasteiger partial charge in [-0.25, -0.2) is 4.98 Å². The maximum Gasteiger partial charge on any atom is 0.250 e. The molecule has 3 heterocycles. The van der Waals surface area contributed by atoms with Crippen LogP contribution in [0.25, 0.3) is 22.4 Å². The molecule has 8 nitrogen and oxygen atoms in total. The van der Waals surface area contributed by atoms with Crippen LogP contribution < -0.4 is 4.90 Å². The van der Waals surface area contributed by atoms with Gasteiger partial charge < -0.3 is 9.88 Å². The lowest BCUT2D eigenvalue weighted by molar-refractivity contribution is -0.119. The van der Waals surface area contributed by atoms with Gasteiger partial charge in [-0.1, -0.05) is 18.2 Å². The van der Waals surface area contributed by atoms with E-state index in [1.54, 1.807) is 0 Å². The minimum Gasteiger partial charge on any atom is -0.342 e. The second-order valence-electron chi connectivity index (χ2n) is 6.98. The van der Waals surface area contributed by atoms with Crippen LogP contribution in [0.1, 0.15) is 17.8 Å². The van der Waals surface area contributed by atoms with Gasteiger partial charge in [0.25, 0.3) is 5.91 Å². The zero-order chi connectivity index (χ0) is 19.1. The number of rotatable bonds is 3. The van der Waals surface area contributed by atoms with E-state index in [0.29, 0.717) is 12.4 Å². The summed E-state index contributed by atoms with van der Waals surface area (Å²) in [7, 11) is 0. The Balaban J connectivity index is 1.37. The van der Waals surface area contributed by atoms with Gasteiger partial charge in [0.2, 0.25) is 5.82 Å². The molecule has 0 radical (unpaired) electrons. The Morgan fingerprint density at radius 1 is 1.21 bits per heavy atom. The van der Waals surface area contributed by atoms with Gasteiger partial charge in [-0.05, 0) is 54.8 Å². The molecule has 0 atom stereocenters. The average molecular weight is 373 g/mol. The first-order chi connectivity index (χ1) is 13.7. The van der Waals surface area contributed by atoms with Gasteiger partial charge in [-0.2, -0.15) is 4.80 Å². The number of aromatic nitrogens is 6. The van der Waals surface area contributed by atoms with E-state index in [1.807, 2.05) is 48.2 Å². The molecule has 8 heteroatoms. The predicted octanol–water partition coefficient (Wildman–Crippen LogP) is 2.50. The van der Waals surface area contributed by atoms with Gasteiger partial charge in [0.15, 0.2) is 0 Å². The second-order valence-corrected chi connectivity index (χ2v) is 6.98. The minimum absolute atomic E-state index is 0.0317. The number of nitrogens with one attached hydrogen (secondary N) is 1. The molecule has 2 aromatic carbocycles. The van der Waals surface area contributed by atoms with Crippen LogP contribution in [0.4, 0.5) is 5.69 Å². The normalized spacial score (nSPS) is 13.7. The standard InChI is InChI=1S/C20H19N7O/c1-13-21-16-9-8-15(11-17(16)22-13)20-23-25-27(24-20)12-19(28)26-10-4-6-14-5-2-3-7-18(14)26/h2-3,5,7-9,11H,4,6,10,12H2,1H3,(H,21,22). The molecule has 0 saturated heterocycles. The van der Waals surface area contributed by atoms with Crippen molar-refractivity contribution >= 4 is 22.6 Å². The van der Waals surface area contributed by atoms with Crippen LogP contribution in [0.2, 0.25) is 0 Å². The summed E-state index contributed by atoms with van der Waals surface area (Å²) in [5.41, 5.74) is 4.84. The van der Waals surface area contributed by atoms with Gasteiger partial charge in [-0.15, -0.1) is 10.2 Å². The van der Waals surface area contributed by atoms with Crippen molar-refractivity contribution in [3.8, 4) is 11.4 Å². The monoisotopic (exact) mass is 373 g/mol. The lowest BCUT2D eigenvalue weighted by Crippen LogP contribution is -2.38. The van der Waals surface area contributed by atoms with Crippen LogP contribution in [0.3, 0.4) is 0 Å². The van der Waals surface area contributed by atoms with E-state index in [4.69, 9.17) is 0 Å². The number of fused-ring (bicyclic) bond motifs is 2. The van der Waals surface area contributed by atoms with E-state index in [1.165, 1.54) is 10.4 Å². The zero-order valence-electron chi connectivity index (χ0n) is 15.5. The van der Waals surface area contributed by atoms with Crippen LogP contribution in [0.5, 0.6) is 0 Å². The summed E-state index contributed by atoms with van der Waals surface area (Å²) in [6, 6.07) is 13.8. The zero-order valence-corrected chi connectivity index (χ0v) is 15.5. The van der Waals surface area contributed by atoms with Crippen molar-refractivity contribution in [3.05, 3.63) is 53.9 Å². The lowest BCUT2D eigenvalue weighted by atomic mass is 10.0. The third-order valence-electron chi connectivity index (χ3n) is 5.00. The molecule has 140 valence electrons. The second kappa shape index (κ2) is 6.56. The number of aryl methyl sites for hydroxylation is 2. The number of imidazole rings is 1. The van der Waals surface area contributed by atoms with Crippen LogP contribution >= 0.6 is 0 Å². The summed E-state index contributed by atoms with van der Waals surface area (Å²) in [5, 5.41) is 12.6. The van der Waals surface area contributed by atoms with E-state index in [0.717, 1.165) is 41.0 Å². The van der Waals surface area contributed by atoms with Crippen molar-refractivity contribution < 1.29 is 4.79 Å². The first-order valence-corrected chi connectivity index (χ1v) is 9.30. The molecule has 1 amide bonds. The summed E-state index contributed by atoms with van der Waals surface area (Å²) in [6.07, 6.45) is 1.96. The fraction of sp³-hybridized carbons (Fsp3) is 0.250. The third kappa shape index (κ3) is 2.92. The minimum atomic E-state index is -0.0317. The molecule has 1 N–H and O–H groups in total. The number of amides is 1. The highest BCUT2D eigenvalue weighted by atomic mass is 16.2. The fourth-order valence-corrected chi connectivity index (χ4v) is 3.70. The van der Waals surface area contributed by atoms with Crippen LogP contribution in [-0.2, 0) is 17.8 Å². The van der Waals surface area contributed by atoms with E-state index in [2.05, 4.69) is 31.4 Å². The molecule has 0 spiro atoms. The molecule has 0 unspecified atom stereocenters.